The van der Waals surface area contributed by atoms with Crippen molar-refractivity contribution in [2.24, 2.45) is 11.7 Å². The van der Waals surface area contributed by atoms with E-state index < -0.39 is 0 Å². The molecule has 7 heteroatoms. The van der Waals surface area contributed by atoms with Crippen molar-refractivity contribution in [3.8, 4) is 0 Å². The summed E-state index contributed by atoms with van der Waals surface area (Å²) < 4.78 is 0. The van der Waals surface area contributed by atoms with Gasteiger partial charge in [0.15, 0.2) is 0 Å². The zero-order chi connectivity index (χ0) is 22.0. The second kappa shape index (κ2) is 8.79. The molecule has 0 spiro atoms. The van der Waals surface area contributed by atoms with Gasteiger partial charge in [-0.05, 0) is 86.9 Å². The fourth-order valence-electron chi connectivity index (χ4n) is 3.64. The largest absolute Gasteiger partial charge is 0.402 e. The van der Waals surface area contributed by atoms with Crippen LogP contribution in [0.2, 0.25) is 0 Å². The number of anilines is 2. The number of hydrogen-bond acceptors (Lipinski definition) is 6. The number of aromatic nitrogens is 4. The molecule has 1 saturated carbocycles. The number of rotatable bonds is 8. The van der Waals surface area contributed by atoms with Gasteiger partial charge in [-0.2, -0.15) is 4.98 Å². The third kappa shape index (κ3) is 4.87. The van der Waals surface area contributed by atoms with E-state index in [4.69, 9.17) is 5.73 Å². The van der Waals surface area contributed by atoms with Crippen molar-refractivity contribution >= 4 is 22.8 Å². The third-order valence-electron chi connectivity index (χ3n) is 5.89. The first-order chi connectivity index (χ1) is 14.9. The van der Waals surface area contributed by atoms with E-state index in [0.29, 0.717) is 11.9 Å². The Hall–Kier alpha value is -3.35. The summed E-state index contributed by atoms with van der Waals surface area (Å²) in [6.07, 6.45) is 8.86. The van der Waals surface area contributed by atoms with E-state index in [1.807, 2.05) is 6.07 Å². The number of benzene rings is 1. The van der Waals surface area contributed by atoms with Gasteiger partial charge >= 0.3 is 0 Å². The molecule has 5 N–H and O–H groups in total. The molecule has 0 amide bonds. The lowest BCUT2D eigenvalue weighted by molar-refractivity contribution is 0.853. The van der Waals surface area contributed by atoms with Crippen molar-refractivity contribution in [2.45, 2.75) is 53.0 Å². The first kappa shape index (κ1) is 20.9. The summed E-state index contributed by atoms with van der Waals surface area (Å²) >= 11 is 0. The molecule has 31 heavy (non-hydrogen) atoms. The number of imidazole rings is 1. The molecule has 1 aliphatic carbocycles. The topological polar surface area (TPSA) is 105 Å². The Morgan fingerprint density at radius 3 is 2.87 bits per heavy atom. The molecule has 1 fully saturated rings. The van der Waals surface area contributed by atoms with E-state index in [1.165, 1.54) is 29.5 Å². The van der Waals surface area contributed by atoms with Crippen LogP contribution in [0.4, 0.5) is 11.8 Å². The molecule has 0 radical (unpaired) electrons. The minimum absolute atomic E-state index is 0.0362. The van der Waals surface area contributed by atoms with E-state index in [9.17, 15) is 0 Å². The molecule has 3 aromatic rings. The summed E-state index contributed by atoms with van der Waals surface area (Å²) in [6.45, 7) is 8.48. The van der Waals surface area contributed by atoms with Crippen LogP contribution in [0, 0.1) is 12.8 Å². The molecule has 1 aliphatic rings. The molecule has 0 aliphatic heterocycles. The number of aryl methyl sites for hydroxylation is 1. The number of allylic oxidation sites excluding steroid dienone is 3. The van der Waals surface area contributed by atoms with E-state index in [2.05, 4.69) is 76.5 Å². The van der Waals surface area contributed by atoms with E-state index in [0.717, 1.165) is 34.7 Å². The average molecular weight is 418 g/mol. The van der Waals surface area contributed by atoms with Gasteiger partial charge in [0, 0.05) is 17.6 Å². The van der Waals surface area contributed by atoms with Gasteiger partial charge in [-0.25, -0.2) is 9.97 Å². The van der Waals surface area contributed by atoms with Gasteiger partial charge in [-0.15, -0.1) is 0 Å². The van der Waals surface area contributed by atoms with E-state index in [1.54, 1.807) is 12.5 Å². The van der Waals surface area contributed by atoms with Crippen LogP contribution in [-0.2, 0) is 0 Å². The lowest BCUT2D eigenvalue weighted by Gasteiger charge is -2.17. The molecule has 1 atom stereocenters. The molecule has 4 rings (SSSR count). The Kier molecular flexibility index (Phi) is 5.93. The predicted octanol–water partition coefficient (Wildman–Crippen LogP) is 5.18. The SMILES string of the molecule is CC/C(C)=C(/C=C(\N)C1CC1)Nc1ccnc(NC(C)c2cc3nc[nH]c3cc2C)n1. The summed E-state index contributed by atoms with van der Waals surface area (Å²) in [6, 6.07) is 6.14. The lowest BCUT2D eigenvalue weighted by atomic mass is 10.0. The van der Waals surface area contributed by atoms with E-state index >= 15 is 0 Å². The highest BCUT2D eigenvalue weighted by atomic mass is 15.1. The zero-order valence-electron chi connectivity index (χ0n) is 18.7. The smallest absolute Gasteiger partial charge is 0.225 e. The second-order valence-electron chi connectivity index (χ2n) is 8.35. The van der Waals surface area contributed by atoms with Crippen molar-refractivity contribution in [2.75, 3.05) is 10.6 Å². The molecule has 2 heterocycles. The lowest BCUT2D eigenvalue weighted by Crippen LogP contribution is -2.12. The molecule has 0 saturated heterocycles. The Morgan fingerprint density at radius 2 is 2.13 bits per heavy atom. The van der Waals surface area contributed by atoms with Crippen LogP contribution in [0.15, 0.2) is 53.8 Å². The average Bonchev–Trinajstić information content (AvgIpc) is 3.51. The zero-order valence-corrected chi connectivity index (χ0v) is 18.7. The summed E-state index contributed by atoms with van der Waals surface area (Å²) in [4.78, 5) is 16.6. The van der Waals surface area contributed by atoms with Gasteiger partial charge in [0.2, 0.25) is 5.95 Å². The molecule has 1 unspecified atom stereocenters. The van der Waals surface area contributed by atoms with Gasteiger partial charge in [0.1, 0.15) is 5.82 Å². The standard InChI is InChI=1S/C24H31N7/c1-5-14(2)20(12-19(25)17-6-7-17)30-23-8-9-26-24(31-23)29-16(4)18-11-22-21(10-15(18)3)27-13-28-22/h8-13,16-17H,5-7,25H2,1-4H3,(H,27,28)(H2,26,29,30,31)/b19-12-,20-14-. The third-order valence-corrected chi connectivity index (χ3v) is 5.89. The summed E-state index contributed by atoms with van der Waals surface area (Å²) in [5.41, 5.74) is 13.8. The molecular weight excluding hydrogens is 386 g/mol. The normalized spacial score (nSPS) is 16.2. The summed E-state index contributed by atoms with van der Waals surface area (Å²) in [5.74, 6) is 1.85. The van der Waals surface area contributed by atoms with Crippen molar-refractivity contribution < 1.29 is 0 Å². The number of aromatic amines is 1. The van der Waals surface area contributed by atoms with Crippen LogP contribution in [0.25, 0.3) is 11.0 Å². The first-order valence-electron chi connectivity index (χ1n) is 10.9. The fourth-order valence-corrected chi connectivity index (χ4v) is 3.64. The van der Waals surface area contributed by atoms with E-state index in [-0.39, 0.29) is 6.04 Å². The van der Waals surface area contributed by atoms with Crippen molar-refractivity contribution in [1.29, 1.82) is 0 Å². The summed E-state index contributed by atoms with van der Waals surface area (Å²) in [7, 11) is 0. The van der Waals surface area contributed by atoms with Crippen LogP contribution in [0.3, 0.4) is 0 Å². The fraction of sp³-hybridized carbons (Fsp3) is 0.375. The summed E-state index contributed by atoms with van der Waals surface area (Å²) in [5, 5.41) is 6.87. The number of nitrogens with two attached hydrogens (primary N) is 1. The van der Waals surface area contributed by atoms with Crippen molar-refractivity contribution in [3.05, 3.63) is 64.9 Å². The maximum absolute atomic E-state index is 6.27. The van der Waals surface area contributed by atoms with Gasteiger partial charge in [-0.1, -0.05) is 6.92 Å². The predicted molar refractivity (Wildman–Crippen MR) is 127 cm³/mol. The molecule has 1 aromatic carbocycles. The molecule has 2 aromatic heterocycles. The van der Waals surface area contributed by atoms with Crippen LogP contribution in [-0.4, -0.2) is 19.9 Å². The maximum atomic E-state index is 6.27. The Bertz CT molecular complexity index is 1140. The van der Waals surface area contributed by atoms with Crippen LogP contribution in [0.5, 0.6) is 0 Å². The highest BCUT2D eigenvalue weighted by Gasteiger charge is 2.24. The number of nitrogens with one attached hydrogen (secondary N) is 3. The molecule has 7 nitrogen and oxygen atoms in total. The molecular formula is C24H31N7. The molecule has 162 valence electrons. The van der Waals surface area contributed by atoms with Crippen molar-refractivity contribution in [1.82, 2.24) is 19.9 Å². The first-order valence-corrected chi connectivity index (χ1v) is 10.9. The quantitative estimate of drug-likeness (QED) is 0.376. The monoisotopic (exact) mass is 417 g/mol. The number of H-pyrrole nitrogens is 1. The van der Waals surface area contributed by atoms with Gasteiger partial charge in [-0.3, -0.25) is 0 Å². The van der Waals surface area contributed by atoms with Crippen LogP contribution < -0.4 is 16.4 Å². The number of hydrogen-bond donors (Lipinski definition) is 4. The van der Waals surface area contributed by atoms with Crippen molar-refractivity contribution in [3.63, 3.8) is 0 Å². The van der Waals surface area contributed by atoms with Gasteiger partial charge in [0.05, 0.1) is 23.4 Å². The van der Waals surface area contributed by atoms with Crippen LogP contribution >= 0.6 is 0 Å². The Morgan fingerprint density at radius 1 is 1.32 bits per heavy atom. The number of nitrogens with zero attached hydrogens (tertiary/aromatic N) is 3. The van der Waals surface area contributed by atoms with Gasteiger partial charge < -0.3 is 21.4 Å². The number of fused-ring (bicyclic) bond motifs is 1. The van der Waals surface area contributed by atoms with Gasteiger partial charge in [0.25, 0.3) is 0 Å². The second-order valence-corrected chi connectivity index (χ2v) is 8.35. The molecule has 0 bridgehead atoms. The van der Waals surface area contributed by atoms with Crippen LogP contribution in [0.1, 0.15) is 57.2 Å². The Labute approximate surface area is 183 Å². The minimum atomic E-state index is 0.0362. The highest BCUT2D eigenvalue weighted by Crippen LogP contribution is 2.34. The minimum Gasteiger partial charge on any atom is -0.402 e. The Balaban J connectivity index is 1.53. The highest BCUT2D eigenvalue weighted by molar-refractivity contribution is 5.76. The maximum Gasteiger partial charge on any atom is 0.225 e.